The van der Waals surface area contributed by atoms with Crippen LogP contribution < -0.4 is 15.5 Å². The van der Waals surface area contributed by atoms with Gasteiger partial charge in [-0.25, -0.2) is 0 Å². The Labute approximate surface area is 183 Å². The van der Waals surface area contributed by atoms with Crippen LogP contribution in [0.25, 0.3) is 0 Å². The molecule has 0 aromatic heterocycles. The fraction of sp³-hybridized carbons (Fsp3) is 0.375. The van der Waals surface area contributed by atoms with E-state index in [0.717, 1.165) is 36.4 Å². The van der Waals surface area contributed by atoms with Crippen molar-refractivity contribution >= 4 is 29.1 Å². The van der Waals surface area contributed by atoms with Crippen molar-refractivity contribution in [1.29, 1.82) is 0 Å². The van der Waals surface area contributed by atoms with E-state index in [0.29, 0.717) is 17.9 Å². The van der Waals surface area contributed by atoms with Gasteiger partial charge in [-0.05, 0) is 44.0 Å². The summed E-state index contributed by atoms with van der Waals surface area (Å²) in [6.45, 7) is 5.84. The molecular weight excluding hydrogens is 392 g/mol. The number of carbonyl (C=O) groups is 3. The largest absolute Gasteiger partial charge is 0.337 e. The average Bonchev–Trinajstić information content (AvgIpc) is 3.30. The smallest absolute Gasteiger partial charge is 0.285 e. The Hall–Kier alpha value is -3.19. The number of hydrogen-bond donors (Lipinski definition) is 3. The minimum atomic E-state index is -0.405. The first kappa shape index (κ1) is 22.5. The molecule has 164 valence electrons. The molecule has 2 aromatic rings. The van der Waals surface area contributed by atoms with Gasteiger partial charge >= 0.3 is 0 Å². The standard InChI is InChI=1S/C24H30N4O3/c1-3-27(17-22(30)26-21-13-11-20(12-14-21)25-18(2)29)23(19-9-5-4-6-10-19)24(31)28-15-7-8-16-28/h4-6,9-14,23H,3,7-8,15-17H2,1-2H3,(H,25,29)(H,26,30)/p+1/t23-/m0/s1. The molecule has 1 heterocycles. The molecule has 3 N–H and O–H groups in total. The Bertz CT molecular complexity index is 893. The third-order valence-electron chi connectivity index (χ3n) is 5.54. The number of rotatable bonds is 8. The summed E-state index contributed by atoms with van der Waals surface area (Å²) in [7, 11) is 0. The number of carbonyl (C=O) groups excluding carboxylic acids is 3. The fourth-order valence-electron chi connectivity index (χ4n) is 4.00. The Morgan fingerprint density at radius 3 is 2.06 bits per heavy atom. The average molecular weight is 424 g/mol. The van der Waals surface area contributed by atoms with Gasteiger partial charge in [0.25, 0.3) is 11.8 Å². The number of nitrogens with one attached hydrogen (secondary N) is 3. The third kappa shape index (κ3) is 6.15. The number of quaternary nitrogens is 1. The van der Waals surface area contributed by atoms with Gasteiger partial charge in [0, 0.05) is 37.0 Å². The van der Waals surface area contributed by atoms with Crippen LogP contribution in [0, 0.1) is 0 Å². The summed E-state index contributed by atoms with van der Waals surface area (Å²) >= 11 is 0. The summed E-state index contributed by atoms with van der Waals surface area (Å²) < 4.78 is 0. The lowest BCUT2D eigenvalue weighted by molar-refractivity contribution is -0.912. The van der Waals surface area contributed by atoms with E-state index >= 15 is 0 Å². The lowest BCUT2D eigenvalue weighted by Crippen LogP contribution is -3.14. The first-order valence-electron chi connectivity index (χ1n) is 10.8. The van der Waals surface area contributed by atoms with Gasteiger partial charge in [-0.15, -0.1) is 0 Å². The van der Waals surface area contributed by atoms with Crippen LogP contribution in [0.5, 0.6) is 0 Å². The van der Waals surface area contributed by atoms with Crippen molar-refractivity contribution in [3.63, 3.8) is 0 Å². The summed E-state index contributed by atoms with van der Waals surface area (Å²) in [4.78, 5) is 40.1. The van der Waals surface area contributed by atoms with Crippen LogP contribution >= 0.6 is 0 Å². The Morgan fingerprint density at radius 1 is 0.935 bits per heavy atom. The monoisotopic (exact) mass is 423 g/mol. The number of benzene rings is 2. The first-order valence-corrected chi connectivity index (χ1v) is 10.8. The molecule has 1 unspecified atom stereocenters. The predicted octanol–water partition coefficient (Wildman–Crippen LogP) is 1.85. The lowest BCUT2D eigenvalue weighted by Gasteiger charge is -2.29. The fourth-order valence-corrected chi connectivity index (χ4v) is 4.00. The Balaban J connectivity index is 1.71. The zero-order chi connectivity index (χ0) is 22.2. The minimum absolute atomic E-state index is 0.0908. The van der Waals surface area contributed by atoms with E-state index in [-0.39, 0.29) is 24.3 Å². The summed E-state index contributed by atoms with van der Waals surface area (Å²) in [5, 5.41) is 5.61. The van der Waals surface area contributed by atoms with Crippen molar-refractivity contribution < 1.29 is 19.3 Å². The molecule has 2 aromatic carbocycles. The van der Waals surface area contributed by atoms with Crippen LogP contribution in [0.3, 0.4) is 0 Å². The van der Waals surface area contributed by atoms with Gasteiger partial charge < -0.3 is 20.4 Å². The third-order valence-corrected chi connectivity index (χ3v) is 5.54. The molecule has 1 aliphatic rings. The van der Waals surface area contributed by atoms with Crippen LogP contribution in [0.15, 0.2) is 54.6 Å². The molecule has 1 fully saturated rings. The predicted molar refractivity (Wildman–Crippen MR) is 121 cm³/mol. The highest BCUT2D eigenvalue weighted by Gasteiger charge is 2.36. The van der Waals surface area contributed by atoms with E-state index in [1.807, 2.05) is 42.2 Å². The molecule has 0 saturated carbocycles. The second kappa shape index (κ2) is 10.7. The molecule has 31 heavy (non-hydrogen) atoms. The van der Waals surface area contributed by atoms with Gasteiger partial charge in [0.2, 0.25) is 5.91 Å². The molecule has 0 bridgehead atoms. The Kier molecular flexibility index (Phi) is 7.78. The van der Waals surface area contributed by atoms with Crippen molar-refractivity contribution in [3.8, 4) is 0 Å². The number of amides is 3. The minimum Gasteiger partial charge on any atom is -0.337 e. The highest BCUT2D eigenvalue weighted by molar-refractivity contribution is 5.93. The maximum Gasteiger partial charge on any atom is 0.285 e. The molecule has 7 heteroatoms. The van der Waals surface area contributed by atoms with Gasteiger partial charge in [-0.3, -0.25) is 14.4 Å². The maximum atomic E-state index is 13.4. The van der Waals surface area contributed by atoms with Crippen molar-refractivity contribution in [2.75, 3.05) is 36.8 Å². The van der Waals surface area contributed by atoms with Gasteiger partial charge in [-0.2, -0.15) is 0 Å². The van der Waals surface area contributed by atoms with Crippen LogP contribution in [0.1, 0.15) is 38.3 Å². The van der Waals surface area contributed by atoms with Gasteiger partial charge in [0.1, 0.15) is 0 Å². The quantitative estimate of drug-likeness (QED) is 0.606. The molecule has 2 atom stereocenters. The van der Waals surface area contributed by atoms with Crippen molar-refractivity contribution in [3.05, 3.63) is 60.2 Å². The van der Waals surface area contributed by atoms with E-state index in [4.69, 9.17) is 0 Å². The van der Waals surface area contributed by atoms with Crippen LogP contribution in [-0.2, 0) is 14.4 Å². The first-order chi connectivity index (χ1) is 15.0. The van der Waals surface area contributed by atoms with Crippen LogP contribution in [0.4, 0.5) is 11.4 Å². The molecule has 3 rings (SSSR count). The van der Waals surface area contributed by atoms with Crippen molar-refractivity contribution in [2.24, 2.45) is 0 Å². The molecule has 1 aliphatic heterocycles. The number of likely N-dealkylation sites (tertiary alicyclic amines) is 1. The molecule has 0 aliphatic carbocycles. The molecule has 7 nitrogen and oxygen atoms in total. The van der Waals surface area contributed by atoms with Gasteiger partial charge in [-0.1, -0.05) is 30.3 Å². The van der Waals surface area contributed by atoms with E-state index in [1.165, 1.54) is 6.92 Å². The van der Waals surface area contributed by atoms with Gasteiger partial charge in [0.05, 0.1) is 6.54 Å². The molecule has 1 saturated heterocycles. The van der Waals surface area contributed by atoms with Crippen molar-refractivity contribution in [2.45, 2.75) is 32.7 Å². The van der Waals surface area contributed by atoms with E-state index in [1.54, 1.807) is 24.3 Å². The summed E-state index contributed by atoms with van der Waals surface area (Å²) in [6.07, 6.45) is 2.06. The normalized spacial score (nSPS) is 15.2. The maximum absolute atomic E-state index is 13.4. The Morgan fingerprint density at radius 2 is 1.52 bits per heavy atom. The second-order valence-electron chi connectivity index (χ2n) is 7.87. The van der Waals surface area contributed by atoms with E-state index < -0.39 is 6.04 Å². The molecule has 0 radical (unpaired) electrons. The number of hydrogen-bond acceptors (Lipinski definition) is 3. The van der Waals surface area contributed by atoms with Gasteiger partial charge in [0.15, 0.2) is 12.6 Å². The zero-order valence-electron chi connectivity index (χ0n) is 18.2. The topological polar surface area (TPSA) is 83.0 Å². The number of nitrogens with zero attached hydrogens (tertiary/aromatic N) is 1. The number of anilines is 2. The summed E-state index contributed by atoms with van der Waals surface area (Å²) in [5.74, 6) is -0.208. The zero-order valence-corrected chi connectivity index (χ0v) is 18.2. The second-order valence-corrected chi connectivity index (χ2v) is 7.87. The molecule has 0 spiro atoms. The van der Waals surface area contributed by atoms with E-state index in [9.17, 15) is 14.4 Å². The van der Waals surface area contributed by atoms with E-state index in [2.05, 4.69) is 10.6 Å². The molecule has 3 amide bonds. The van der Waals surface area contributed by atoms with Crippen molar-refractivity contribution in [1.82, 2.24) is 4.90 Å². The number of likely N-dealkylation sites (N-methyl/N-ethyl adjacent to an activating group) is 1. The summed E-state index contributed by atoms with van der Waals surface area (Å²) in [5.41, 5.74) is 2.26. The molecular formula is C24H31N4O3+. The highest BCUT2D eigenvalue weighted by atomic mass is 16.2. The SMILES string of the molecule is CC[NH+](CC(=O)Nc1ccc(NC(C)=O)cc1)[C@H](C(=O)N1CCCC1)c1ccccc1. The van der Waals surface area contributed by atoms with Crippen LogP contribution in [-0.4, -0.2) is 48.8 Å². The highest BCUT2D eigenvalue weighted by Crippen LogP contribution is 2.17. The van der Waals surface area contributed by atoms with Crippen LogP contribution in [0.2, 0.25) is 0 Å². The lowest BCUT2D eigenvalue weighted by atomic mass is 10.0. The summed E-state index contributed by atoms with van der Waals surface area (Å²) in [6, 6.07) is 16.3.